The van der Waals surface area contributed by atoms with Gasteiger partial charge in [0.15, 0.2) is 0 Å². The topological polar surface area (TPSA) is 120 Å². The Kier molecular flexibility index (Phi) is 49.6. The van der Waals surface area contributed by atoms with Gasteiger partial charge in [-0.1, -0.05) is 164 Å². The molecular weight excluding hydrogens is 885 g/mol. The van der Waals surface area contributed by atoms with Gasteiger partial charge in [0.25, 0.3) is 0 Å². The third kappa shape index (κ3) is 38.6. The van der Waals surface area contributed by atoms with E-state index >= 15 is 0 Å². The summed E-state index contributed by atoms with van der Waals surface area (Å²) in [5.41, 5.74) is 1.78. The molecule has 0 N–H and O–H groups in total. The SMILES string of the molecule is CC.CC.CCCCCCCCC(CCCCCCCC)OC(=O)CCCCC=O.CCCCCCCCCOC(=O)CCCCCCC(=O)N1CCc2c(sc(C)c2C(=O)OCCCN(C)C)C1. The summed E-state index contributed by atoms with van der Waals surface area (Å²) in [4.78, 5) is 65.9. The predicted octanol–water partition coefficient (Wildman–Crippen LogP) is 15.9. The first-order valence-corrected chi connectivity index (χ1v) is 29.4. The van der Waals surface area contributed by atoms with E-state index in [-0.39, 0.29) is 29.9 Å². The van der Waals surface area contributed by atoms with Crippen molar-refractivity contribution in [1.82, 2.24) is 9.80 Å². The van der Waals surface area contributed by atoms with E-state index in [1.54, 1.807) is 11.3 Å². The Morgan fingerprint density at radius 3 is 1.64 bits per heavy atom. The number of aldehydes is 1. The van der Waals surface area contributed by atoms with Gasteiger partial charge in [0.2, 0.25) is 5.91 Å². The normalized spacial score (nSPS) is 11.7. The lowest BCUT2D eigenvalue weighted by atomic mass is 10.0. The maximum atomic E-state index is 12.8. The van der Waals surface area contributed by atoms with Gasteiger partial charge < -0.3 is 28.8 Å². The molecule has 1 aliphatic heterocycles. The van der Waals surface area contributed by atoms with Crippen molar-refractivity contribution in [1.29, 1.82) is 0 Å². The molecule has 0 spiro atoms. The van der Waals surface area contributed by atoms with E-state index < -0.39 is 0 Å². The fraction of sp³-hybridized carbons (Fsp3) is 0.845. The van der Waals surface area contributed by atoms with Gasteiger partial charge in [-0.2, -0.15) is 0 Å². The molecule has 0 atom stereocenters. The summed E-state index contributed by atoms with van der Waals surface area (Å²) in [6.07, 6.45) is 35.5. The van der Waals surface area contributed by atoms with Crippen LogP contribution >= 0.6 is 11.3 Å². The lowest BCUT2D eigenvalue weighted by Gasteiger charge is -2.27. The minimum Gasteiger partial charge on any atom is -0.466 e. The smallest absolute Gasteiger partial charge is 0.339 e. The molecule has 1 amide bonds. The molecule has 404 valence electrons. The van der Waals surface area contributed by atoms with E-state index in [4.69, 9.17) is 14.2 Å². The second-order valence-corrected chi connectivity index (χ2v) is 20.0. The van der Waals surface area contributed by atoms with Gasteiger partial charge in [0.05, 0.1) is 25.3 Å². The number of aryl methyl sites for hydroxylation is 1. The Hall–Kier alpha value is -2.79. The molecule has 0 fully saturated rings. The van der Waals surface area contributed by atoms with Crippen molar-refractivity contribution in [3.05, 3.63) is 20.9 Å². The Bertz CT molecular complexity index is 1370. The number of fused-ring (bicyclic) bond motifs is 1. The quantitative estimate of drug-likeness (QED) is 0.0274. The van der Waals surface area contributed by atoms with Gasteiger partial charge in [0.1, 0.15) is 12.4 Å². The van der Waals surface area contributed by atoms with Crippen molar-refractivity contribution in [2.75, 3.05) is 40.4 Å². The van der Waals surface area contributed by atoms with E-state index in [9.17, 15) is 24.0 Å². The van der Waals surface area contributed by atoms with E-state index in [0.29, 0.717) is 64.0 Å². The maximum Gasteiger partial charge on any atom is 0.339 e. The largest absolute Gasteiger partial charge is 0.466 e. The highest BCUT2D eigenvalue weighted by molar-refractivity contribution is 7.12. The number of thiophene rings is 1. The highest BCUT2D eigenvalue weighted by Gasteiger charge is 2.29. The van der Waals surface area contributed by atoms with Crippen LogP contribution < -0.4 is 0 Å². The molecule has 10 nitrogen and oxygen atoms in total. The van der Waals surface area contributed by atoms with Gasteiger partial charge in [-0.15, -0.1) is 11.3 Å². The van der Waals surface area contributed by atoms with Crippen LogP contribution in [0.4, 0.5) is 0 Å². The zero-order valence-electron chi connectivity index (χ0n) is 46.6. The lowest BCUT2D eigenvalue weighted by molar-refractivity contribution is -0.150. The number of unbranched alkanes of at least 4 members (excludes halogenated alkanes) is 21. The van der Waals surface area contributed by atoms with Crippen LogP contribution in [0.15, 0.2) is 0 Å². The fourth-order valence-electron chi connectivity index (χ4n) is 8.32. The van der Waals surface area contributed by atoms with Gasteiger partial charge >= 0.3 is 17.9 Å². The zero-order valence-corrected chi connectivity index (χ0v) is 47.4. The number of rotatable bonds is 40. The van der Waals surface area contributed by atoms with Crippen LogP contribution in [0, 0.1) is 6.92 Å². The lowest BCUT2D eigenvalue weighted by Crippen LogP contribution is -2.35. The summed E-state index contributed by atoms with van der Waals surface area (Å²) < 4.78 is 16.6. The number of carbonyl (C=O) groups excluding carboxylic acids is 5. The number of amides is 1. The van der Waals surface area contributed by atoms with Gasteiger partial charge in [0, 0.05) is 48.5 Å². The standard InChI is InChI=1S/C31H52N2O5S.C23H44O3.2C2H6/c1-5-6-7-8-9-12-15-22-37-29(35)18-14-11-10-13-17-28(34)33-21-19-26-27(24-33)39-25(2)30(26)31(36)38-23-16-20-32(3)4;1-3-5-7-9-11-14-18-22(19-15-12-10-8-6-4-2)26-23(25)20-16-13-17-21-24;2*1-2/h5-24H2,1-4H3;21-22H,3-20H2,1-2H3;2*1-2H3. The Labute approximate surface area is 428 Å². The Morgan fingerprint density at radius 1 is 0.609 bits per heavy atom. The minimum atomic E-state index is -0.231. The average Bonchev–Trinajstić information content (AvgIpc) is 3.69. The van der Waals surface area contributed by atoms with Crippen LogP contribution in [0.5, 0.6) is 0 Å². The minimum absolute atomic E-state index is 0.0714. The number of esters is 3. The summed E-state index contributed by atoms with van der Waals surface area (Å²) in [6, 6.07) is 0. The van der Waals surface area contributed by atoms with Crippen LogP contribution in [0.3, 0.4) is 0 Å². The predicted molar refractivity (Wildman–Crippen MR) is 291 cm³/mol. The number of nitrogens with zero attached hydrogens (tertiary/aromatic N) is 2. The highest BCUT2D eigenvalue weighted by atomic mass is 32.1. The molecule has 1 aromatic rings. The molecule has 2 heterocycles. The number of carbonyl (C=O) groups is 5. The third-order valence-corrected chi connectivity index (χ3v) is 13.4. The zero-order chi connectivity index (χ0) is 51.8. The second-order valence-electron chi connectivity index (χ2n) is 18.7. The maximum absolute atomic E-state index is 12.8. The summed E-state index contributed by atoms with van der Waals surface area (Å²) in [5.74, 6) is -0.221. The molecule has 0 saturated heterocycles. The molecule has 0 aromatic carbocycles. The second kappa shape index (κ2) is 50.2. The van der Waals surface area contributed by atoms with Crippen molar-refractivity contribution in [3.63, 3.8) is 0 Å². The first kappa shape index (κ1) is 68.3. The molecule has 0 bridgehead atoms. The van der Waals surface area contributed by atoms with Gasteiger partial charge in [-0.05, 0) is 97.2 Å². The molecule has 0 unspecified atom stereocenters. The van der Waals surface area contributed by atoms with E-state index in [2.05, 4.69) is 25.7 Å². The van der Waals surface area contributed by atoms with Crippen LogP contribution in [0.2, 0.25) is 0 Å². The monoisotopic (exact) mass is 993 g/mol. The Balaban J connectivity index is 0. The first-order valence-electron chi connectivity index (χ1n) is 28.6. The molecule has 11 heteroatoms. The summed E-state index contributed by atoms with van der Waals surface area (Å²) in [5, 5.41) is 0. The van der Waals surface area contributed by atoms with Crippen LogP contribution in [0.25, 0.3) is 0 Å². The molecule has 1 aliphatic rings. The molecule has 69 heavy (non-hydrogen) atoms. The van der Waals surface area contributed by atoms with Crippen molar-refractivity contribution in [2.24, 2.45) is 0 Å². The Morgan fingerprint density at radius 2 is 1.09 bits per heavy atom. The summed E-state index contributed by atoms with van der Waals surface area (Å²) in [6.45, 7) is 19.8. The molecule has 0 radical (unpaired) electrons. The molecular formula is C58H108N2O8S. The number of ether oxygens (including phenoxy) is 3. The van der Waals surface area contributed by atoms with Gasteiger partial charge in [-0.3, -0.25) is 14.4 Å². The molecule has 2 rings (SSSR count). The molecule has 0 saturated carbocycles. The van der Waals surface area contributed by atoms with E-state index in [1.165, 1.54) is 109 Å². The van der Waals surface area contributed by atoms with Gasteiger partial charge in [-0.25, -0.2) is 4.79 Å². The average molecular weight is 994 g/mol. The van der Waals surface area contributed by atoms with E-state index in [1.807, 2.05) is 53.6 Å². The molecule has 1 aromatic heterocycles. The van der Waals surface area contributed by atoms with Crippen LogP contribution in [0.1, 0.15) is 280 Å². The van der Waals surface area contributed by atoms with Crippen LogP contribution in [-0.4, -0.2) is 86.4 Å². The van der Waals surface area contributed by atoms with Crippen LogP contribution in [-0.2, 0) is 46.4 Å². The number of hydrogen-bond donors (Lipinski definition) is 0. The van der Waals surface area contributed by atoms with Crippen molar-refractivity contribution in [3.8, 4) is 0 Å². The third-order valence-electron chi connectivity index (χ3n) is 12.3. The number of hydrogen-bond acceptors (Lipinski definition) is 10. The summed E-state index contributed by atoms with van der Waals surface area (Å²) in [7, 11) is 4.01. The van der Waals surface area contributed by atoms with Crippen molar-refractivity contribution in [2.45, 2.75) is 280 Å². The summed E-state index contributed by atoms with van der Waals surface area (Å²) >= 11 is 1.61. The van der Waals surface area contributed by atoms with E-state index in [0.717, 1.165) is 98.8 Å². The van der Waals surface area contributed by atoms with Crippen molar-refractivity contribution < 1.29 is 38.2 Å². The fourth-order valence-corrected chi connectivity index (χ4v) is 9.55. The highest BCUT2D eigenvalue weighted by Crippen LogP contribution is 2.34. The van der Waals surface area contributed by atoms with Crippen molar-refractivity contribution >= 4 is 41.4 Å². The first-order chi connectivity index (χ1) is 33.6. The molecule has 0 aliphatic carbocycles.